The Kier molecular flexibility index (Phi) is 7.06. The molecular formula is C18H27N3O5S. The number of ether oxygens (including phenoxy) is 1. The van der Waals surface area contributed by atoms with Crippen LogP contribution < -0.4 is 15.5 Å². The van der Waals surface area contributed by atoms with Crippen molar-refractivity contribution in [3.63, 3.8) is 0 Å². The molecule has 0 unspecified atom stereocenters. The number of carbonyl (C=O) groups is 2. The summed E-state index contributed by atoms with van der Waals surface area (Å²) in [6.07, 6.45) is 2.42. The quantitative estimate of drug-likeness (QED) is 0.712. The Morgan fingerprint density at radius 3 is 2.44 bits per heavy atom. The number of nitrogens with zero attached hydrogens (tertiary/aromatic N) is 1. The summed E-state index contributed by atoms with van der Waals surface area (Å²) in [7, 11) is -3.40. The zero-order valence-electron chi connectivity index (χ0n) is 15.9. The van der Waals surface area contributed by atoms with Crippen molar-refractivity contribution in [3.8, 4) is 0 Å². The highest BCUT2D eigenvalue weighted by atomic mass is 32.2. The maximum absolute atomic E-state index is 12.0. The summed E-state index contributed by atoms with van der Waals surface area (Å²) in [4.78, 5) is 26.1. The number of piperidine rings is 1. The zero-order valence-corrected chi connectivity index (χ0v) is 16.8. The minimum absolute atomic E-state index is 0.128. The van der Waals surface area contributed by atoms with Crippen LogP contribution in [0.1, 0.15) is 26.7 Å². The van der Waals surface area contributed by atoms with E-state index in [4.69, 9.17) is 4.74 Å². The first-order valence-corrected chi connectivity index (χ1v) is 11.0. The van der Waals surface area contributed by atoms with Crippen molar-refractivity contribution in [2.75, 3.05) is 42.7 Å². The van der Waals surface area contributed by atoms with E-state index >= 15 is 0 Å². The van der Waals surface area contributed by atoms with E-state index in [1.54, 1.807) is 19.9 Å². The summed E-state index contributed by atoms with van der Waals surface area (Å²) in [5.41, 5.74) is 1.16. The van der Waals surface area contributed by atoms with Crippen LogP contribution >= 0.6 is 0 Å². The Balaban J connectivity index is 2.22. The minimum Gasteiger partial charge on any atom is -0.466 e. The molecule has 1 aliphatic heterocycles. The van der Waals surface area contributed by atoms with Gasteiger partial charge in [-0.2, -0.15) is 0 Å². The van der Waals surface area contributed by atoms with Crippen molar-refractivity contribution in [2.45, 2.75) is 31.6 Å². The molecule has 0 bridgehead atoms. The lowest BCUT2D eigenvalue weighted by Crippen LogP contribution is -2.38. The zero-order chi connectivity index (χ0) is 20.0. The molecule has 1 fully saturated rings. The van der Waals surface area contributed by atoms with Crippen molar-refractivity contribution >= 4 is 33.2 Å². The number of anilines is 2. The Bertz CT molecular complexity index is 786. The first kappa shape index (κ1) is 21.0. The van der Waals surface area contributed by atoms with Gasteiger partial charge < -0.3 is 20.3 Å². The summed E-state index contributed by atoms with van der Waals surface area (Å²) in [6.45, 7) is 5.64. The van der Waals surface area contributed by atoms with Gasteiger partial charge in [0.1, 0.15) is 0 Å². The molecule has 0 radical (unpaired) electrons. The molecule has 9 heteroatoms. The van der Waals surface area contributed by atoms with Gasteiger partial charge in [-0.05, 0) is 44.9 Å². The molecule has 1 aromatic carbocycles. The van der Waals surface area contributed by atoms with Crippen molar-refractivity contribution < 1.29 is 22.7 Å². The third-order valence-corrected chi connectivity index (χ3v) is 5.55. The van der Waals surface area contributed by atoms with Crippen molar-refractivity contribution in [3.05, 3.63) is 18.2 Å². The van der Waals surface area contributed by atoms with E-state index in [9.17, 15) is 18.0 Å². The molecule has 0 saturated carbocycles. The summed E-state index contributed by atoms with van der Waals surface area (Å²) in [5, 5.41) is 5.37. The maximum atomic E-state index is 12.0. The van der Waals surface area contributed by atoms with E-state index in [0.29, 0.717) is 44.8 Å². The molecular weight excluding hydrogens is 370 g/mol. The summed E-state index contributed by atoms with van der Waals surface area (Å²) >= 11 is 0. The third kappa shape index (κ3) is 5.59. The molecule has 0 atom stereocenters. The van der Waals surface area contributed by atoms with E-state index in [2.05, 4.69) is 10.6 Å². The Morgan fingerprint density at radius 1 is 1.22 bits per heavy atom. The molecule has 2 N–H and O–H groups in total. The van der Waals surface area contributed by atoms with E-state index in [1.807, 2.05) is 4.90 Å². The predicted octanol–water partition coefficient (Wildman–Crippen LogP) is 2.01. The van der Waals surface area contributed by atoms with Gasteiger partial charge >= 0.3 is 12.0 Å². The molecule has 2 amide bonds. The maximum Gasteiger partial charge on any atom is 0.319 e. The summed E-state index contributed by atoms with van der Waals surface area (Å²) < 4.78 is 28.8. The summed E-state index contributed by atoms with van der Waals surface area (Å²) in [5.74, 6) is -0.304. The van der Waals surface area contributed by atoms with Gasteiger partial charge in [-0.15, -0.1) is 0 Å². The lowest BCUT2D eigenvalue weighted by Gasteiger charge is -2.34. The molecule has 0 spiro atoms. The predicted molar refractivity (Wildman–Crippen MR) is 104 cm³/mol. The minimum atomic E-state index is -3.40. The third-order valence-electron chi connectivity index (χ3n) is 4.44. The van der Waals surface area contributed by atoms with Crippen LogP contribution in [-0.4, -0.2) is 52.9 Å². The average molecular weight is 397 g/mol. The van der Waals surface area contributed by atoms with Crippen LogP contribution in [-0.2, 0) is 19.4 Å². The van der Waals surface area contributed by atoms with Gasteiger partial charge in [0, 0.05) is 25.9 Å². The van der Waals surface area contributed by atoms with Gasteiger partial charge in [-0.3, -0.25) is 4.79 Å². The highest BCUT2D eigenvalue weighted by Gasteiger charge is 2.27. The fourth-order valence-electron chi connectivity index (χ4n) is 3.06. The van der Waals surface area contributed by atoms with E-state index in [0.717, 1.165) is 11.9 Å². The van der Waals surface area contributed by atoms with Gasteiger partial charge in [-0.1, -0.05) is 0 Å². The second kappa shape index (κ2) is 9.07. The van der Waals surface area contributed by atoms with E-state index in [-0.39, 0.29) is 16.8 Å². The normalized spacial score (nSPS) is 15.3. The van der Waals surface area contributed by atoms with Crippen molar-refractivity contribution in [2.24, 2.45) is 5.92 Å². The van der Waals surface area contributed by atoms with Gasteiger partial charge in [0.05, 0.1) is 28.8 Å². The largest absolute Gasteiger partial charge is 0.466 e. The average Bonchev–Trinajstić information content (AvgIpc) is 2.61. The number of nitrogens with one attached hydrogen (secondary N) is 2. The molecule has 0 aromatic heterocycles. The fourth-order valence-corrected chi connectivity index (χ4v) is 3.71. The van der Waals surface area contributed by atoms with Crippen LogP contribution in [0.5, 0.6) is 0 Å². The standard InChI is InChI=1S/C18H27N3O5S/c1-4-19-18(23)20-15-12-14(27(3,24)25)6-7-16(15)21-10-8-13(9-11-21)17(22)26-5-2/h6-7,12-13H,4-5,8-11H2,1-3H3,(H2,19,20,23). The molecule has 1 heterocycles. The molecule has 2 rings (SSSR count). The van der Waals surface area contributed by atoms with Crippen LogP contribution in [0.4, 0.5) is 16.2 Å². The monoisotopic (exact) mass is 397 g/mol. The molecule has 1 saturated heterocycles. The number of hydrogen-bond donors (Lipinski definition) is 2. The van der Waals surface area contributed by atoms with Crippen LogP contribution in [0, 0.1) is 5.92 Å². The number of amides is 2. The first-order chi connectivity index (χ1) is 12.8. The van der Waals surface area contributed by atoms with Gasteiger partial charge in [-0.25, -0.2) is 13.2 Å². The number of urea groups is 1. The van der Waals surface area contributed by atoms with Crippen molar-refractivity contribution in [1.29, 1.82) is 0 Å². The molecule has 0 aliphatic carbocycles. The highest BCUT2D eigenvalue weighted by molar-refractivity contribution is 7.90. The van der Waals surface area contributed by atoms with Crippen molar-refractivity contribution in [1.82, 2.24) is 5.32 Å². The number of sulfone groups is 1. The van der Waals surface area contributed by atoms with Gasteiger partial charge in [0.15, 0.2) is 9.84 Å². The topological polar surface area (TPSA) is 105 Å². The highest BCUT2D eigenvalue weighted by Crippen LogP contribution is 2.32. The molecule has 27 heavy (non-hydrogen) atoms. The lowest BCUT2D eigenvalue weighted by atomic mass is 9.96. The van der Waals surface area contributed by atoms with E-state index < -0.39 is 15.9 Å². The number of carbonyl (C=O) groups excluding carboxylic acids is 2. The Morgan fingerprint density at radius 2 is 1.89 bits per heavy atom. The van der Waals surface area contributed by atoms with E-state index in [1.165, 1.54) is 12.1 Å². The molecule has 8 nitrogen and oxygen atoms in total. The second-order valence-corrected chi connectivity index (χ2v) is 8.46. The number of hydrogen-bond acceptors (Lipinski definition) is 6. The SMILES string of the molecule is CCNC(=O)Nc1cc(S(C)(=O)=O)ccc1N1CCC(C(=O)OCC)CC1. The fraction of sp³-hybridized carbons (Fsp3) is 0.556. The first-order valence-electron chi connectivity index (χ1n) is 9.06. The van der Waals surface area contributed by atoms with Crippen LogP contribution in [0.3, 0.4) is 0 Å². The molecule has 150 valence electrons. The van der Waals surface area contributed by atoms with Crippen LogP contribution in [0.15, 0.2) is 23.1 Å². The smallest absolute Gasteiger partial charge is 0.319 e. The Hall–Kier alpha value is -2.29. The number of rotatable bonds is 6. The van der Waals surface area contributed by atoms with Gasteiger partial charge in [0.25, 0.3) is 0 Å². The summed E-state index contributed by atoms with van der Waals surface area (Å²) in [6, 6.07) is 4.30. The van der Waals surface area contributed by atoms with Crippen LogP contribution in [0.2, 0.25) is 0 Å². The number of esters is 1. The van der Waals surface area contributed by atoms with Crippen LogP contribution in [0.25, 0.3) is 0 Å². The molecule has 1 aromatic rings. The number of benzene rings is 1. The lowest BCUT2D eigenvalue weighted by molar-refractivity contribution is -0.148. The van der Waals surface area contributed by atoms with Gasteiger partial charge in [0.2, 0.25) is 0 Å². The molecule has 1 aliphatic rings. The Labute approximate surface area is 160 Å². The second-order valence-electron chi connectivity index (χ2n) is 6.45.